The van der Waals surface area contributed by atoms with Gasteiger partial charge in [-0.25, -0.2) is 0 Å². The molecule has 0 aliphatic carbocycles. The van der Waals surface area contributed by atoms with Crippen molar-refractivity contribution in [2.24, 2.45) is 0 Å². The first-order valence-electron chi connectivity index (χ1n) is 10.8. The molecule has 4 heteroatoms. The van der Waals surface area contributed by atoms with E-state index in [1.165, 1.54) is 47.8 Å². The van der Waals surface area contributed by atoms with Gasteiger partial charge in [0, 0.05) is 50.7 Å². The Balaban J connectivity index is 1.27. The van der Waals surface area contributed by atoms with E-state index in [9.17, 15) is 0 Å². The largest absolute Gasteiger partial charge is 0.321 e. The van der Waals surface area contributed by atoms with Crippen molar-refractivity contribution in [3.8, 4) is 0 Å². The van der Waals surface area contributed by atoms with Gasteiger partial charge in [-0.15, -0.1) is 0 Å². The van der Waals surface area contributed by atoms with Crippen molar-refractivity contribution in [3.63, 3.8) is 0 Å². The van der Waals surface area contributed by atoms with Crippen LogP contribution in [0, 0.1) is 0 Å². The molecule has 0 unspecified atom stereocenters. The normalized spacial score (nSPS) is 15.2. The zero-order chi connectivity index (χ0) is 19.2. The lowest BCUT2D eigenvalue weighted by Gasteiger charge is -2.26. The number of hydrogen-bond acceptors (Lipinski definition) is 2. The van der Waals surface area contributed by atoms with Gasteiger partial charge >= 0.3 is 0 Å². The molecule has 28 heavy (non-hydrogen) atoms. The number of nitrogens with zero attached hydrogens (tertiary/aromatic N) is 4. The van der Waals surface area contributed by atoms with E-state index < -0.39 is 0 Å². The van der Waals surface area contributed by atoms with Gasteiger partial charge in [0.15, 0.2) is 0 Å². The highest BCUT2D eigenvalue weighted by Gasteiger charge is 2.14. The fraction of sp³-hybridized carbons (Fsp3) is 0.458. The van der Waals surface area contributed by atoms with Crippen LogP contribution in [0.5, 0.6) is 0 Å². The molecule has 3 heterocycles. The highest BCUT2D eigenvalue weighted by atomic mass is 15.3. The number of fused-ring (bicyclic) bond motifs is 1. The predicted molar refractivity (Wildman–Crippen MR) is 117 cm³/mol. The summed E-state index contributed by atoms with van der Waals surface area (Å²) < 4.78 is 4.48. The van der Waals surface area contributed by atoms with Crippen LogP contribution in [-0.2, 0) is 13.0 Å². The lowest BCUT2D eigenvalue weighted by atomic mass is 10.1. The summed E-state index contributed by atoms with van der Waals surface area (Å²) in [5.74, 6) is 0. The van der Waals surface area contributed by atoms with Crippen LogP contribution < -0.4 is 0 Å². The smallest absolute Gasteiger partial charge is 0.0525 e. The number of aromatic nitrogens is 3. The van der Waals surface area contributed by atoms with E-state index in [4.69, 9.17) is 0 Å². The topological polar surface area (TPSA) is 26.0 Å². The molecular formula is C24H32N4. The van der Waals surface area contributed by atoms with Crippen molar-refractivity contribution in [1.82, 2.24) is 19.2 Å². The lowest BCUT2D eigenvalue weighted by molar-refractivity contribution is 0.303. The van der Waals surface area contributed by atoms with Crippen molar-refractivity contribution in [2.75, 3.05) is 19.6 Å². The average Bonchev–Trinajstić information content (AvgIpc) is 3.37. The average molecular weight is 377 g/mol. The number of unbranched alkanes of at least 4 members (excludes halogenated alkanes) is 3. The van der Waals surface area contributed by atoms with Gasteiger partial charge in [-0.05, 0) is 35.9 Å². The van der Waals surface area contributed by atoms with Gasteiger partial charge in [-0.1, -0.05) is 50.5 Å². The molecular weight excluding hydrogens is 344 g/mol. The molecule has 0 radical (unpaired) electrons. The molecule has 1 aromatic carbocycles. The van der Waals surface area contributed by atoms with Crippen molar-refractivity contribution in [1.29, 1.82) is 0 Å². The first kappa shape index (κ1) is 19.0. The minimum absolute atomic E-state index is 1.03. The van der Waals surface area contributed by atoms with Crippen LogP contribution >= 0.6 is 0 Å². The summed E-state index contributed by atoms with van der Waals surface area (Å²) in [4.78, 5) is 2.55. The molecule has 4 nitrogen and oxygen atoms in total. The third kappa shape index (κ3) is 4.56. The van der Waals surface area contributed by atoms with Crippen molar-refractivity contribution < 1.29 is 0 Å². The molecule has 3 aromatic rings. The third-order valence-corrected chi connectivity index (χ3v) is 5.82. The van der Waals surface area contributed by atoms with Gasteiger partial charge in [-0.2, -0.15) is 5.10 Å². The molecule has 0 fully saturated rings. The van der Waals surface area contributed by atoms with Crippen molar-refractivity contribution in [3.05, 3.63) is 60.6 Å². The SMILES string of the molecule is CCCCCCn1cc(CCN2CC=C(n3ccc4ccccc43)CC2)cn1. The van der Waals surface area contributed by atoms with E-state index in [0.717, 1.165) is 39.0 Å². The summed E-state index contributed by atoms with van der Waals surface area (Å²) in [5.41, 5.74) is 4.10. The van der Waals surface area contributed by atoms with E-state index in [0.29, 0.717) is 0 Å². The molecule has 0 saturated heterocycles. The van der Waals surface area contributed by atoms with Gasteiger partial charge in [-0.3, -0.25) is 9.58 Å². The maximum atomic E-state index is 4.54. The van der Waals surface area contributed by atoms with Crippen LogP contribution in [0.2, 0.25) is 0 Å². The van der Waals surface area contributed by atoms with Crippen LogP contribution in [0.4, 0.5) is 0 Å². The summed E-state index contributed by atoms with van der Waals surface area (Å²) >= 11 is 0. The first-order valence-corrected chi connectivity index (χ1v) is 10.8. The molecule has 2 aromatic heterocycles. The van der Waals surface area contributed by atoms with E-state index in [-0.39, 0.29) is 0 Å². The van der Waals surface area contributed by atoms with Crippen LogP contribution in [-0.4, -0.2) is 38.9 Å². The molecule has 0 saturated carbocycles. The Morgan fingerprint density at radius 2 is 1.96 bits per heavy atom. The zero-order valence-corrected chi connectivity index (χ0v) is 17.1. The predicted octanol–water partition coefficient (Wildman–Crippen LogP) is 5.21. The second-order valence-corrected chi connectivity index (χ2v) is 7.91. The van der Waals surface area contributed by atoms with E-state index >= 15 is 0 Å². The maximum absolute atomic E-state index is 4.54. The third-order valence-electron chi connectivity index (χ3n) is 5.82. The van der Waals surface area contributed by atoms with Crippen molar-refractivity contribution in [2.45, 2.75) is 52.0 Å². The van der Waals surface area contributed by atoms with Gasteiger partial charge in [0.25, 0.3) is 0 Å². The van der Waals surface area contributed by atoms with Gasteiger partial charge < -0.3 is 4.57 Å². The number of para-hydroxylation sites is 1. The highest BCUT2D eigenvalue weighted by Crippen LogP contribution is 2.23. The van der Waals surface area contributed by atoms with Gasteiger partial charge in [0.05, 0.1) is 11.7 Å². The van der Waals surface area contributed by atoms with Crippen molar-refractivity contribution >= 4 is 16.6 Å². The first-order chi connectivity index (χ1) is 13.8. The Kier molecular flexibility index (Phi) is 6.27. The summed E-state index contributed by atoms with van der Waals surface area (Å²) in [6, 6.07) is 10.8. The van der Waals surface area contributed by atoms with E-state index in [2.05, 4.69) is 81.2 Å². The van der Waals surface area contributed by atoms with E-state index in [1.807, 2.05) is 0 Å². The molecule has 1 aliphatic rings. The second-order valence-electron chi connectivity index (χ2n) is 7.91. The molecule has 4 rings (SSSR count). The standard InChI is InChI=1S/C24H32N4/c1-2-3-4-7-14-27-20-21(19-25-27)10-15-26-16-12-23(13-17-26)28-18-11-22-8-5-6-9-24(22)28/h5-6,8-9,11-12,18-20H,2-4,7,10,13-17H2,1H3. The Labute approximate surface area is 168 Å². The number of rotatable bonds is 9. The Hall–Kier alpha value is -2.33. The molecule has 0 atom stereocenters. The fourth-order valence-corrected chi connectivity index (χ4v) is 4.10. The molecule has 0 bridgehead atoms. The second kappa shape index (κ2) is 9.24. The minimum Gasteiger partial charge on any atom is -0.321 e. The Morgan fingerprint density at radius 3 is 2.82 bits per heavy atom. The summed E-state index contributed by atoms with van der Waals surface area (Å²) in [6.07, 6.45) is 16.3. The van der Waals surface area contributed by atoms with Crippen LogP contribution in [0.1, 0.15) is 44.6 Å². The van der Waals surface area contributed by atoms with E-state index in [1.54, 1.807) is 0 Å². The molecule has 0 N–H and O–H groups in total. The molecule has 148 valence electrons. The number of aryl methyl sites for hydroxylation is 1. The zero-order valence-electron chi connectivity index (χ0n) is 17.1. The quantitative estimate of drug-likeness (QED) is 0.479. The monoisotopic (exact) mass is 376 g/mol. The van der Waals surface area contributed by atoms with Crippen LogP contribution in [0.25, 0.3) is 16.6 Å². The lowest BCUT2D eigenvalue weighted by Crippen LogP contribution is -2.31. The molecule has 1 aliphatic heterocycles. The Morgan fingerprint density at radius 1 is 1.04 bits per heavy atom. The van der Waals surface area contributed by atoms with Crippen LogP contribution in [0.15, 0.2) is 55.0 Å². The van der Waals surface area contributed by atoms with Gasteiger partial charge in [0.1, 0.15) is 0 Å². The summed E-state index contributed by atoms with van der Waals surface area (Å²) in [5, 5.41) is 5.85. The van der Waals surface area contributed by atoms with Gasteiger partial charge in [0.2, 0.25) is 0 Å². The molecule has 0 amide bonds. The summed E-state index contributed by atoms with van der Waals surface area (Å²) in [6.45, 7) is 6.58. The highest BCUT2D eigenvalue weighted by molar-refractivity contribution is 5.83. The number of hydrogen-bond donors (Lipinski definition) is 0. The fourth-order valence-electron chi connectivity index (χ4n) is 4.10. The molecule has 0 spiro atoms. The summed E-state index contributed by atoms with van der Waals surface area (Å²) in [7, 11) is 0. The Bertz CT molecular complexity index is 917. The van der Waals surface area contributed by atoms with Crippen LogP contribution in [0.3, 0.4) is 0 Å². The maximum Gasteiger partial charge on any atom is 0.0525 e. The number of benzene rings is 1. The minimum atomic E-state index is 1.03.